The maximum atomic E-state index is 12.1. The number of carbonyl (C=O) groups excluding carboxylic acids is 3. The maximum Gasteiger partial charge on any atom is 0.269 e. The Morgan fingerprint density at radius 2 is 1.62 bits per heavy atom. The van der Waals surface area contributed by atoms with Gasteiger partial charge < -0.3 is 9.64 Å². The lowest BCUT2D eigenvalue weighted by molar-refractivity contribution is -0.119. The van der Waals surface area contributed by atoms with Gasteiger partial charge in [-0.15, -0.1) is 0 Å². The fourth-order valence-electron chi connectivity index (χ4n) is 2.30. The monoisotopic (exact) mass is 415 g/mol. The average Bonchev–Trinajstić information content (AvgIpc) is 2.74. The zero-order valence-corrected chi connectivity index (χ0v) is 17.3. The number of hydrogen-bond acceptors (Lipinski definition) is 6. The zero-order valence-electron chi connectivity index (χ0n) is 16.5. The van der Waals surface area contributed by atoms with Crippen molar-refractivity contribution in [1.82, 2.24) is 15.8 Å². The van der Waals surface area contributed by atoms with E-state index < -0.39 is 11.8 Å². The molecule has 0 saturated heterocycles. The molecule has 0 bridgehead atoms. The van der Waals surface area contributed by atoms with Gasteiger partial charge in [-0.2, -0.15) is 0 Å². The summed E-state index contributed by atoms with van der Waals surface area (Å²) in [6.45, 7) is 1.54. The normalized spacial score (nSPS) is 10.4. The fourth-order valence-corrected chi connectivity index (χ4v) is 2.93. The summed E-state index contributed by atoms with van der Waals surface area (Å²) in [6.07, 6.45) is 0.909. The molecule has 0 aliphatic heterocycles. The molecule has 0 spiro atoms. The molecule has 0 aliphatic rings. The number of benzene rings is 2. The van der Waals surface area contributed by atoms with Crippen LogP contribution in [-0.2, 0) is 4.79 Å². The molecule has 2 aromatic rings. The molecule has 7 nitrogen and oxygen atoms in total. The van der Waals surface area contributed by atoms with Crippen LogP contribution in [0.15, 0.2) is 54.6 Å². The molecule has 2 N–H and O–H groups in total. The summed E-state index contributed by atoms with van der Waals surface area (Å²) < 4.78 is 5.62. The second kappa shape index (κ2) is 11.9. The molecule has 154 valence electrons. The van der Waals surface area contributed by atoms with E-state index in [1.54, 1.807) is 48.5 Å². The highest BCUT2D eigenvalue weighted by Crippen LogP contribution is 2.13. The number of carbonyl (C=O) groups is 3. The van der Waals surface area contributed by atoms with Gasteiger partial charge in [-0.05, 0) is 44.8 Å². The first-order valence-electron chi connectivity index (χ1n) is 9.14. The summed E-state index contributed by atoms with van der Waals surface area (Å²) >= 11 is 0.876. The van der Waals surface area contributed by atoms with Gasteiger partial charge in [0.15, 0.2) is 0 Å². The minimum absolute atomic E-state index is 0.0895. The van der Waals surface area contributed by atoms with Crippen LogP contribution in [0.3, 0.4) is 0 Å². The standard InChI is InChI=1S/C21H25N3O4S/c1-24(2)13-6-14-28-18-11-9-16(10-12-18)20(26)23-22-19(25)15-29-21(27)17-7-4-3-5-8-17/h3-5,7-12H,6,13-15H2,1-2H3,(H,22,25)(H,23,26). The Morgan fingerprint density at radius 1 is 0.931 bits per heavy atom. The van der Waals surface area contributed by atoms with Crippen LogP contribution >= 0.6 is 11.8 Å². The van der Waals surface area contributed by atoms with Crippen LogP contribution in [0.1, 0.15) is 27.1 Å². The van der Waals surface area contributed by atoms with Crippen molar-refractivity contribution in [2.45, 2.75) is 6.42 Å². The van der Waals surface area contributed by atoms with E-state index in [9.17, 15) is 14.4 Å². The van der Waals surface area contributed by atoms with Crippen molar-refractivity contribution in [3.8, 4) is 5.75 Å². The van der Waals surface area contributed by atoms with Crippen molar-refractivity contribution in [1.29, 1.82) is 0 Å². The van der Waals surface area contributed by atoms with Gasteiger partial charge >= 0.3 is 0 Å². The molecule has 0 heterocycles. The lowest BCUT2D eigenvalue weighted by atomic mass is 10.2. The average molecular weight is 416 g/mol. The molecule has 0 aromatic heterocycles. The number of thioether (sulfide) groups is 1. The Balaban J connectivity index is 1.70. The van der Waals surface area contributed by atoms with Crippen LogP contribution in [0.4, 0.5) is 0 Å². The van der Waals surface area contributed by atoms with E-state index in [1.807, 2.05) is 20.2 Å². The summed E-state index contributed by atoms with van der Waals surface area (Å²) in [6, 6.07) is 15.4. The van der Waals surface area contributed by atoms with Gasteiger partial charge in [-0.25, -0.2) is 0 Å². The third-order valence-electron chi connectivity index (χ3n) is 3.79. The topological polar surface area (TPSA) is 87.7 Å². The van der Waals surface area contributed by atoms with Crippen molar-refractivity contribution in [2.75, 3.05) is 33.0 Å². The lowest BCUT2D eigenvalue weighted by Gasteiger charge is -2.11. The number of nitrogens with one attached hydrogen (secondary N) is 2. The van der Waals surface area contributed by atoms with Crippen molar-refractivity contribution in [3.05, 3.63) is 65.7 Å². The first-order chi connectivity index (χ1) is 14.0. The van der Waals surface area contributed by atoms with Crippen LogP contribution in [0.5, 0.6) is 5.75 Å². The molecular formula is C21H25N3O4S. The highest BCUT2D eigenvalue weighted by atomic mass is 32.2. The van der Waals surface area contributed by atoms with Crippen LogP contribution in [0.2, 0.25) is 0 Å². The van der Waals surface area contributed by atoms with Crippen molar-refractivity contribution >= 4 is 28.7 Å². The Morgan fingerprint density at radius 3 is 2.28 bits per heavy atom. The van der Waals surface area contributed by atoms with E-state index in [0.717, 1.165) is 24.7 Å². The molecule has 0 atom stereocenters. The fraction of sp³-hybridized carbons (Fsp3) is 0.286. The van der Waals surface area contributed by atoms with Crippen LogP contribution < -0.4 is 15.6 Å². The minimum atomic E-state index is -0.464. The number of hydrazine groups is 1. The van der Waals surface area contributed by atoms with Gasteiger partial charge in [-0.3, -0.25) is 25.2 Å². The van der Waals surface area contributed by atoms with Crippen molar-refractivity contribution < 1.29 is 19.1 Å². The molecule has 0 unspecified atom stereocenters. The van der Waals surface area contributed by atoms with Gasteiger partial charge in [0.2, 0.25) is 11.0 Å². The molecule has 0 radical (unpaired) electrons. The third-order valence-corrected chi connectivity index (χ3v) is 4.70. The molecular weight excluding hydrogens is 390 g/mol. The van der Waals surface area contributed by atoms with Gasteiger partial charge in [0, 0.05) is 17.7 Å². The van der Waals surface area contributed by atoms with E-state index in [0.29, 0.717) is 23.5 Å². The van der Waals surface area contributed by atoms with Crippen LogP contribution in [0.25, 0.3) is 0 Å². The summed E-state index contributed by atoms with van der Waals surface area (Å²) in [5, 5.41) is -0.201. The Labute approximate surface area is 174 Å². The molecule has 0 aliphatic carbocycles. The number of hydrogen-bond donors (Lipinski definition) is 2. The van der Waals surface area contributed by atoms with Crippen molar-refractivity contribution in [3.63, 3.8) is 0 Å². The molecule has 0 saturated carbocycles. The highest BCUT2D eigenvalue weighted by Gasteiger charge is 2.11. The summed E-state index contributed by atoms with van der Waals surface area (Å²) in [7, 11) is 4.01. The SMILES string of the molecule is CN(C)CCCOc1ccc(C(=O)NNC(=O)CSC(=O)c2ccccc2)cc1. The number of amides is 2. The van der Waals surface area contributed by atoms with E-state index in [1.165, 1.54) is 0 Å². The smallest absolute Gasteiger partial charge is 0.269 e. The number of rotatable bonds is 9. The zero-order chi connectivity index (χ0) is 21.1. The number of ether oxygens (including phenoxy) is 1. The molecule has 8 heteroatoms. The predicted octanol–water partition coefficient (Wildman–Crippen LogP) is 2.35. The van der Waals surface area contributed by atoms with Crippen LogP contribution in [0, 0.1) is 0 Å². The maximum absolute atomic E-state index is 12.1. The molecule has 2 aromatic carbocycles. The molecule has 2 rings (SSSR count). The lowest BCUT2D eigenvalue weighted by Crippen LogP contribution is -2.42. The molecule has 29 heavy (non-hydrogen) atoms. The second-order valence-corrected chi connectivity index (χ2v) is 7.42. The quantitative estimate of drug-likeness (QED) is 0.483. The highest BCUT2D eigenvalue weighted by molar-refractivity contribution is 8.14. The summed E-state index contributed by atoms with van der Waals surface area (Å²) in [5.74, 6) is -0.321. The summed E-state index contributed by atoms with van der Waals surface area (Å²) in [5.41, 5.74) is 5.56. The van der Waals surface area contributed by atoms with Gasteiger partial charge in [0.1, 0.15) is 5.75 Å². The minimum Gasteiger partial charge on any atom is -0.494 e. The van der Waals surface area contributed by atoms with Gasteiger partial charge in [0.05, 0.1) is 12.4 Å². The van der Waals surface area contributed by atoms with Crippen molar-refractivity contribution in [2.24, 2.45) is 0 Å². The molecule has 0 fully saturated rings. The largest absolute Gasteiger partial charge is 0.494 e. The van der Waals surface area contributed by atoms with E-state index >= 15 is 0 Å². The Kier molecular flexibility index (Phi) is 9.20. The predicted molar refractivity (Wildman–Crippen MR) is 114 cm³/mol. The first kappa shape index (κ1) is 22.4. The van der Waals surface area contributed by atoms with Crippen LogP contribution in [-0.4, -0.2) is 54.8 Å². The van der Waals surface area contributed by atoms with E-state index in [2.05, 4.69) is 15.8 Å². The first-order valence-corrected chi connectivity index (χ1v) is 10.1. The number of nitrogens with zero attached hydrogens (tertiary/aromatic N) is 1. The van der Waals surface area contributed by atoms with E-state index in [-0.39, 0.29) is 10.9 Å². The molecule has 2 amide bonds. The Hall–Kier alpha value is -2.84. The Bertz CT molecular complexity index is 810. The van der Waals surface area contributed by atoms with Gasteiger partial charge in [-0.1, -0.05) is 42.1 Å². The summed E-state index contributed by atoms with van der Waals surface area (Å²) in [4.78, 5) is 38.0. The van der Waals surface area contributed by atoms with E-state index in [4.69, 9.17) is 4.74 Å². The van der Waals surface area contributed by atoms with Gasteiger partial charge in [0.25, 0.3) is 5.91 Å². The second-order valence-electron chi connectivity index (χ2n) is 6.47. The third kappa shape index (κ3) is 8.37.